The van der Waals surface area contributed by atoms with Crippen LogP contribution in [-0.4, -0.2) is 22.4 Å². The number of carbonyl (C=O) groups excluding carboxylic acids is 1. The van der Waals surface area contributed by atoms with Crippen LogP contribution in [0.25, 0.3) is 11.0 Å². The smallest absolute Gasteiger partial charge is 0.166 e. The van der Waals surface area contributed by atoms with Gasteiger partial charge >= 0.3 is 0 Å². The summed E-state index contributed by atoms with van der Waals surface area (Å²) in [5.74, 6) is 0.633. The molecule has 0 saturated heterocycles. The SMILES string of the molecule is O=C(CC1COc2ccccc2C1)c1cc2nc(Cc3c(Cl)cccc3Cl)[nH]c2cc1F. The van der Waals surface area contributed by atoms with Gasteiger partial charge in [-0.1, -0.05) is 47.5 Å². The van der Waals surface area contributed by atoms with Gasteiger partial charge < -0.3 is 9.72 Å². The number of ketones is 1. The fourth-order valence-corrected chi connectivity index (χ4v) is 4.67. The molecule has 4 nitrogen and oxygen atoms in total. The number of para-hydroxylation sites is 1. The molecule has 1 N–H and O–H groups in total. The summed E-state index contributed by atoms with van der Waals surface area (Å²) in [5, 5.41) is 1.08. The van der Waals surface area contributed by atoms with Crippen molar-refractivity contribution in [1.82, 2.24) is 9.97 Å². The van der Waals surface area contributed by atoms with E-state index in [9.17, 15) is 9.18 Å². The number of H-pyrrole nitrogens is 1. The topological polar surface area (TPSA) is 55.0 Å². The summed E-state index contributed by atoms with van der Waals surface area (Å²) in [7, 11) is 0. The molecule has 1 aliphatic rings. The van der Waals surface area contributed by atoms with Gasteiger partial charge in [-0.3, -0.25) is 4.79 Å². The molecule has 32 heavy (non-hydrogen) atoms. The van der Waals surface area contributed by atoms with E-state index < -0.39 is 5.82 Å². The number of aromatic nitrogens is 2. The van der Waals surface area contributed by atoms with Crippen LogP contribution in [0, 0.1) is 11.7 Å². The summed E-state index contributed by atoms with van der Waals surface area (Å²) in [6.07, 6.45) is 1.32. The van der Waals surface area contributed by atoms with Gasteiger partial charge in [0.15, 0.2) is 5.78 Å². The van der Waals surface area contributed by atoms with Crippen molar-refractivity contribution in [2.75, 3.05) is 6.61 Å². The minimum absolute atomic E-state index is 0.00427. The number of hydrogen-bond acceptors (Lipinski definition) is 3. The number of fused-ring (bicyclic) bond motifs is 2. The predicted octanol–water partition coefficient (Wildman–Crippen LogP) is 6.42. The van der Waals surface area contributed by atoms with Crippen molar-refractivity contribution < 1.29 is 13.9 Å². The Morgan fingerprint density at radius 3 is 2.72 bits per heavy atom. The number of aromatic amines is 1. The van der Waals surface area contributed by atoms with Crippen molar-refractivity contribution in [3.05, 3.63) is 93.0 Å². The van der Waals surface area contributed by atoms with Crippen LogP contribution in [0.2, 0.25) is 10.0 Å². The number of imidazole rings is 1. The number of nitrogens with one attached hydrogen (secondary N) is 1. The van der Waals surface area contributed by atoms with Crippen LogP contribution in [-0.2, 0) is 12.8 Å². The second kappa shape index (κ2) is 8.57. The van der Waals surface area contributed by atoms with Crippen molar-refractivity contribution in [1.29, 1.82) is 0 Å². The van der Waals surface area contributed by atoms with E-state index in [0.717, 1.165) is 23.3 Å². The zero-order valence-corrected chi connectivity index (χ0v) is 18.5. The van der Waals surface area contributed by atoms with Crippen molar-refractivity contribution in [2.24, 2.45) is 5.92 Å². The van der Waals surface area contributed by atoms with Gasteiger partial charge in [0, 0.05) is 34.9 Å². The highest BCUT2D eigenvalue weighted by Gasteiger charge is 2.24. The van der Waals surface area contributed by atoms with Crippen molar-refractivity contribution in [3.8, 4) is 5.75 Å². The Kier molecular flexibility index (Phi) is 5.62. The molecule has 1 aliphatic heterocycles. The normalized spacial score (nSPS) is 15.4. The molecule has 1 aromatic heterocycles. The predicted molar refractivity (Wildman–Crippen MR) is 123 cm³/mol. The molecule has 5 rings (SSSR count). The Morgan fingerprint density at radius 1 is 1.12 bits per heavy atom. The van der Waals surface area contributed by atoms with Crippen molar-refractivity contribution >= 4 is 40.0 Å². The summed E-state index contributed by atoms with van der Waals surface area (Å²) in [6.45, 7) is 0.442. The maximum atomic E-state index is 14.8. The molecule has 3 aromatic carbocycles. The first-order valence-electron chi connectivity index (χ1n) is 10.3. The summed E-state index contributed by atoms with van der Waals surface area (Å²) in [5.41, 5.74) is 2.90. The minimum Gasteiger partial charge on any atom is -0.493 e. The average Bonchev–Trinajstić information content (AvgIpc) is 3.17. The van der Waals surface area contributed by atoms with Gasteiger partial charge in [-0.15, -0.1) is 0 Å². The Labute approximate surface area is 194 Å². The van der Waals surface area contributed by atoms with Crippen LogP contribution in [0.4, 0.5) is 4.39 Å². The van der Waals surface area contributed by atoms with Gasteiger partial charge in [-0.2, -0.15) is 0 Å². The molecular weight excluding hydrogens is 450 g/mol. The zero-order chi connectivity index (χ0) is 22.2. The van der Waals surface area contributed by atoms with Gasteiger partial charge in [0.2, 0.25) is 0 Å². The van der Waals surface area contributed by atoms with Crippen molar-refractivity contribution in [2.45, 2.75) is 19.3 Å². The van der Waals surface area contributed by atoms with E-state index in [2.05, 4.69) is 9.97 Å². The van der Waals surface area contributed by atoms with Crippen LogP contribution in [0.5, 0.6) is 5.75 Å². The van der Waals surface area contributed by atoms with E-state index in [1.807, 2.05) is 24.3 Å². The number of benzene rings is 3. The van der Waals surface area contributed by atoms with E-state index in [0.29, 0.717) is 39.9 Å². The Balaban J connectivity index is 1.36. The third kappa shape index (κ3) is 4.10. The van der Waals surface area contributed by atoms with E-state index in [1.165, 1.54) is 12.1 Å². The second-order valence-electron chi connectivity index (χ2n) is 8.03. The Bertz CT molecular complexity index is 1310. The average molecular weight is 469 g/mol. The molecule has 1 unspecified atom stereocenters. The molecule has 0 saturated carbocycles. The van der Waals surface area contributed by atoms with Crippen LogP contribution >= 0.6 is 23.2 Å². The molecule has 0 fully saturated rings. The summed E-state index contributed by atoms with van der Waals surface area (Å²) in [6, 6.07) is 15.9. The lowest BCUT2D eigenvalue weighted by molar-refractivity contribution is 0.0930. The second-order valence-corrected chi connectivity index (χ2v) is 8.84. The fourth-order valence-electron chi connectivity index (χ4n) is 4.14. The summed E-state index contributed by atoms with van der Waals surface area (Å²) in [4.78, 5) is 20.5. The number of halogens is 3. The molecule has 0 amide bonds. The maximum absolute atomic E-state index is 14.8. The van der Waals surface area contributed by atoms with Gasteiger partial charge in [0.05, 0.1) is 23.2 Å². The van der Waals surface area contributed by atoms with Crippen LogP contribution in [0.1, 0.15) is 33.7 Å². The first kappa shape index (κ1) is 21.0. The minimum atomic E-state index is -0.564. The molecule has 2 heterocycles. The van der Waals surface area contributed by atoms with Gasteiger partial charge in [0.1, 0.15) is 17.4 Å². The number of Topliss-reactive ketones (excluding diaryl/α,β-unsaturated/α-hetero) is 1. The fraction of sp³-hybridized carbons (Fsp3) is 0.200. The molecular formula is C25H19Cl2FN2O2. The van der Waals surface area contributed by atoms with Gasteiger partial charge in [0.25, 0.3) is 0 Å². The number of nitrogens with zero attached hydrogens (tertiary/aromatic N) is 1. The Hall–Kier alpha value is -2.89. The summed E-state index contributed by atoms with van der Waals surface area (Å²) >= 11 is 12.5. The highest BCUT2D eigenvalue weighted by Crippen LogP contribution is 2.30. The molecule has 0 bridgehead atoms. The molecule has 4 aromatic rings. The van der Waals surface area contributed by atoms with Crippen LogP contribution < -0.4 is 4.74 Å². The van der Waals surface area contributed by atoms with E-state index in [1.54, 1.807) is 18.2 Å². The standard InChI is InChI=1S/C25H19Cl2FN2O2/c26-18-5-3-6-19(27)16(18)11-25-29-21-10-17(20(28)12-22(21)30-25)23(31)9-14-8-15-4-1-2-7-24(15)32-13-14/h1-7,10,12,14H,8-9,11,13H2,(H,29,30). The lowest BCUT2D eigenvalue weighted by atomic mass is 9.90. The molecule has 0 aliphatic carbocycles. The first-order valence-corrected chi connectivity index (χ1v) is 11.1. The summed E-state index contributed by atoms with van der Waals surface area (Å²) < 4.78 is 20.6. The highest BCUT2D eigenvalue weighted by atomic mass is 35.5. The molecule has 1 atom stereocenters. The third-order valence-electron chi connectivity index (χ3n) is 5.76. The largest absolute Gasteiger partial charge is 0.493 e. The third-order valence-corrected chi connectivity index (χ3v) is 6.46. The lowest BCUT2D eigenvalue weighted by Crippen LogP contribution is -2.23. The Morgan fingerprint density at radius 2 is 1.91 bits per heavy atom. The van der Waals surface area contributed by atoms with Gasteiger partial charge in [-0.05, 0) is 41.8 Å². The number of rotatable bonds is 5. The van der Waals surface area contributed by atoms with Crippen LogP contribution in [0.3, 0.4) is 0 Å². The number of ether oxygens (including phenoxy) is 1. The quantitative estimate of drug-likeness (QED) is 0.343. The molecule has 7 heteroatoms. The van der Waals surface area contributed by atoms with E-state index in [-0.39, 0.29) is 23.7 Å². The van der Waals surface area contributed by atoms with Gasteiger partial charge in [-0.25, -0.2) is 9.37 Å². The molecule has 0 radical (unpaired) electrons. The number of carbonyl (C=O) groups is 1. The van der Waals surface area contributed by atoms with E-state index in [4.69, 9.17) is 27.9 Å². The lowest BCUT2D eigenvalue weighted by Gasteiger charge is -2.24. The zero-order valence-electron chi connectivity index (χ0n) is 17.0. The van der Waals surface area contributed by atoms with E-state index >= 15 is 0 Å². The number of hydrogen-bond donors (Lipinski definition) is 1. The van der Waals surface area contributed by atoms with Crippen LogP contribution in [0.15, 0.2) is 54.6 Å². The monoisotopic (exact) mass is 468 g/mol. The first-order chi connectivity index (χ1) is 15.5. The van der Waals surface area contributed by atoms with Crippen molar-refractivity contribution in [3.63, 3.8) is 0 Å². The molecule has 0 spiro atoms. The molecule has 162 valence electrons. The highest BCUT2D eigenvalue weighted by molar-refractivity contribution is 6.36. The maximum Gasteiger partial charge on any atom is 0.166 e.